The molecule has 0 aliphatic rings. The van der Waals surface area contributed by atoms with E-state index in [0.717, 1.165) is 0 Å². The van der Waals surface area contributed by atoms with Crippen molar-refractivity contribution in [2.45, 2.75) is 57.0 Å². The Morgan fingerprint density at radius 2 is 1.78 bits per heavy atom. The number of aryl methyl sites for hydroxylation is 1. The molecule has 2 aromatic rings. The molecule has 1 aromatic carbocycles. The van der Waals surface area contributed by atoms with Crippen molar-refractivity contribution in [3.05, 3.63) is 41.7 Å². The molecule has 1 aromatic heterocycles. The Hall–Kier alpha value is -5.07. The molecular formula is C25H31FN8O7. The SMILES string of the molecule is N#CNC(=NC(CCC(=O)O)C(=O)O)N[C@@H](CCCCNC(=O)c1ccc(-n2cc(CCCF)nn2)cc1)C(=O)O. The number of halogens is 1. The summed E-state index contributed by atoms with van der Waals surface area (Å²) in [4.78, 5) is 50.1. The number of nitrogens with zero attached hydrogens (tertiary/aromatic N) is 5. The standard InChI is InChI=1S/C25H31FN8O7/c26-12-3-4-17-14-34(33-32-17)18-8-6-16(7-9-18)22(37)28-13-2-1-5-19(23(38)39)30-25(29-15-27)31-20(24(40)41)10-11-21(35)36/h6-9,14,19-20H,1-5,10-13H2,(H,28,37)(H,35,36)(H,38,39)(H,40,41)(H2,29,30,31)/t19-,20?/m0/s1. The predicted molar refractivity (Wildman–Crippen MR) is 141 cm³/mol. The predicted octanol–water partition coefficient (Wildman–Crippen LogP) is 0.857. The lowest BCUT2D eigenvalue weighted by Gasteiger charge is -2.17. The number of aliphatic carboxylic acids is 3. The fourth-order valence-electron chi connectivity index (χ4n) is 3.57. The fraction of sp³-hybridized carbons (Fsp3) is 0.440. The third-order valence-corrected chi connectivity index (χ3v) is 5.69. The first-order valence-electron chi connectivity index (χ1n) is 12.7. The number of rotatable bonds is 17. The number of nitrogens with one attached hydrogen (secondary N) is 3. The van der Waals surface area contributed by atoms with E-state index in [2.05, 4.69) is 31.3 Å². The minimum absolute atomic E-state index is 0.0596. The second-order valence-electron chi connectivity index (χ2n) is 8.78. The molecule has 0 fully saturated rings. The number of aliphatic imine (C=N–C) groups is 1. The first-order valence-corrected chi connectivity index (χ1v) is 12.7. The number of nitriles is 1. The van der Waals surface area contributed by atoms with Gasteiger partial charge in [0, 0.05) is 18.5 Å². The Bertz CT molecular complexity index is 1260. The number of hydrogen-bond acceptors (Lipinski definition) is 8. The maximum absolute atomic E-state index is 12.5. The molecule has 2 atom stereocenters. The summed E-state index contributed by atoms with van der Waals surface area (Å²) in [6.45, 7) is -0.183. The van der Waals surface area contributed by atoms with E-state index in [1.165, 1.54) is 10.9 Å². The van der Waals surface area contributed by atoms with Gasteiger partial charge in [-0.05, 0) is 62.8 Å². The number of amides is 1. The zero-order valence-electron chi connectivity index (χ0n) is 22.0. The van der Waals surface area contributed by atoms with Crippen molar-refractivity contribution in [2.24, 2.45) is 4.99 Å². The van der Waals surface area contributed by atoms with Crippen molar-refractivity contribution in [1.29, 1.82) is 5.26 Å². The average Bonchev–Trinajstić information content (AvgIpc) is 3.41. The molecule has 1 amide bonds. The zero-order chi connectivity index (χ0) is 30.2. The van der Waals surface area contributed by atoms with Gasteiger partial charge in [-0.2, -0.15) is 5.26 Å². The highest BCUT2D eigenvalue weighted by molar-refractivity contribution is 5.94. The van der Waals surface area contributed by atoms with Crippen molar-refractivity contribution >= 4 is 29.8 Å². The minimum Gasteiger partial charge on any atom is -0.481 e. The van der Waals surface area contributed by atoms with Gasteiger partial charge in [0.25, 0.3) is 5.91 Å². The molecule has 1 unspecified atom stereocenters. The number of benzene rings is 1. The zero-order valence-corrected chi connectivity index (χ0v) is 22.0. The highest BCUT2D eigenvalue weighted by atomic mass is 19.1. The number of carboxylic acid groups (broad SMARTS) is 3. The summed E-state index contributed by atoms with van der Waals surface area (Å²) >= 11 is 0. The van der Waals surface area contributed by atoms with Gasteiger partial charge in [0.05, 0.1) is 24.3 Å². The number of alkyl halides is 1. The Labute approximate surface area is 234 Å². The third-order valence-electron chi connectivity index (χ3n) is 5.69. The smallest absolute Gasteiger partial charge is 0.328 e. The first kappa shape index (κ1) is 32.1. The molecule has 0 spiro atoms. The van der Waals surface area contributed by atoms with Gasteiger partial charge in [-0.3, -0.25) is 19.3 Å². The van der Waals surface area contributed by atoms with E-state index in [4.69, 9.17) is 10.4 Å². The largest absolute Gasteiger partial charge is 0.481 e. The van der Waals surface area contributed by atoms with Crippen LogP contribution < -0.4 is 16.0 Å². The number of unbranched alkanes of at least 4 members (excludes halogenated alkanes) is 1. The molecular weight excluding hydrogens is 543 g/mol. The van der Waals surface area contributed by atoms with Gasteiger partial charge in [0.1, 0.15) is 6.04 Å². The molecule has 0 saturated heterocycles. The number of guanidine groups is 1. The molecule has 6 N–H and O–H groups in total. The lowest BCUT2D eigenvalue weighted by atomic mass is 10.1. The van der Waals surface area contributed by atoms with Crippen LogP contribution in [0.3, 0.4) is 0 Å². The number of carbonyl (C=O) groups excluding carboxylic acids is 1. The summed E-state index contributed by atoms with van der Waals surface area (Å²) in [5.74, 6) is -4.67. The van der Waals surface area contributed by atoms with E-state index in [1.54, 1.807) is 30.5 Å². The number of aromatic nitrogens is 3. The van der Waals surface area contributed by atoms with Gasteiger partial charge in [-0.1, -0.05) is 5.21 Å². The highest BCUT2D eigenvalue weighted by Crippen LogP contribution is 2.11. The van der Waals surface area contributed by atoms with Crippen molar-refractivity contribution in [1.82, 2.24) is 30.9 Å². The normalized spacial score (nSPS) is 12.5. The van der Waals surface area contributed by atoms with Crippen LogP contribution in [0.2, 0.25) is 0 Å². The van der Waals surface area contributed by atoms with E-state index in [-0.39, 0.29) is 25.3 Å². The Morgan fingerprint density at radius 3 is 2.39 bits per heavy atom. The molecule has 0 saturated carbocycles. The Kier molecular flexibility index (Phi) is 13.2. The summed E-state index contributed by atoms with van der Waals surface area (Å²) in [5.41, 5.74) is 1.74. The van der Waals surface area contributed by atoms with Gasteiger partial charge in [-0.25, -0.2) is 19.3 Å². The lowest BCUT2D eigenvalue weighted by Crippen LogP contribution is -2.46. The highest BCUT2D eigenvalue weighted by Gasteiger charge is 2.22. The van der Waals surface area contributed by atoms with Crippen LogP contribution in [0.25, 0.3) is 5.69 Å². The average molecular weight is 575 g/mol. The van der Waals surface area contributed by atoms with Crippen LogP contribution in [-0.4, -0.2) is 85.4 Å². The summed E-state index contributed by atoms with van der Waals surface area (Å²) in [6, 6.07) is 3.87. The molecule has 41 heavy (non-hydrogen) atoms. The van der Waals surface area contributed by atoms with Crippen LogP contribution in [0.4, 0.5) is 4.39 Å². The Morgan fingerprint density at radius 1 is 1.05 bits per heavy atom. The second kappa shape index (κ2) is 16.8. The van der Waals surface area contributed by atoms with Crippen molar-refractivity contribution in [2.75, 3.05) is 13.2 Å². The lowest BCUT2D eigenvalue weighted by molar-refractivity contribution is -0.140. The number of carbonyl (C=O) groups is 4. The van der Waals surface area contributed by atoms with Crippen molar-refractivity contribution in [3.8, 4) is 11.9 Å². The molecule has 0 bridgehead atoms. The topological polar surface area (TPSA) is 232 Å². The summed E-state index contributed by atoms with van der Waals surface area (Å²) < 4.78 is 13.9. The summed E-state index contributed by atoms with van der Waals surface area (Å²) in [5, 5.41) is 51.8. The first-order chi connectivity index (χ1) is 19.6. The maximum Gasteiger partial charge on any atom is 0.328 e. The fourth-order valence-corrected chi connectivity index (χ4v) is 3.57. The van der Waals surface area contributed by atoms with Crippen LogP contribution >= 0.6 is 0 Å². The molecule has 15 nitrogen and oxygen atoms in total. The minimum atomic E-state index is -1.51. The third kappa shape index (κ3) is 11.3. The van der Waals surface area contributed by atoms with Crippen LogP contribution in [0.15, 0.2) is 35.5 Å². The van der Waals surface area contributed by atoms with E-state index < -0.39 is 49.0 Å². The van der Waals surface area contributed by atoms with Crippen LogP contribution in [0.1, 0.15) is 54.6 Å². The van der Waals surface area contributed by atoms with Gasteiger partial charge >= 0.3 is 17.9 Å². The molecule has 1 heterocycles. The second-order valence-corrected chi connectivity index (χ2v) is 8.78. The van der Waals surface area contributed by atoms with Gasteiger partial charge < -0.3 is 26.0 Å². The number of carboxylic acids is 3. The van der Waals surface area contributed by atoms with E-state index in [0.29, 0.717) is 42.6 Å². The van der Waals surface area contributed by atoms with Gasteiger partial charge in [-0.15, -0.1) is 5.10 Å². The summed E-state index contributed by atoms with van der Waals surface area (Å²) in [6.07, 6.45) is 4.06. The molecule has 16 heteroatoms. The van der Waals surface area contributed by atoms with Crippen molar-refractivity contribution in [3.63, 3.8) is 0 Å². The van der Waals surface area contributed by atoms with Crippen LogP contribution in [0.5, 0.6) is 0 Å². The van der Waals surface area contributed by atoms with E-state index in [1.807, 2.05) is 0 Å². The monoisotopic (exact) mass is 574 g/mol. The molecule has 2 rings (SSSR count). The number of hydrogen-bond donors (Lipinski definition) is 6. The Balaban J connectivity index is 1.86. The van der Waals surface area contributed by atoms with Gasteiger partial charge in [0.15, 0.2) is 12.2 Å². The maximum atomic E-state index is 12.5. The van der Waals surface area contributed by atoms with E-state index in [9.17, 15) is 33.8 Å². The summed E-state index contributed by atoms with van der Waals surface area (Å²) in [7, 11) is 0. The molecule has 0 aliphatic heterocycles. The quantitative estimate of drug-likeness (QED) is 0.0508. The van der Waals surface area contributed by atoms with Crippen LogP contribution in [-0.2, 0) is 20.8 Å². The van der Waals surface area contributed by atoms with Crippen molar-refractivity contribution < 1.29 is 38.9 Å². The molecule has 0 radical (unpaired) electrons. The van der Waals surface area contributed by atoms with E-state index >= 15 is 0 Å². The van der Waals surface area contributed by atoms with Gasteiger partial charge in [0.2, 0.25) is 5.96 Å². The molecule has 0 aliphatic carbocycles. The van der Waals surface area contributed by atoms with Crippen LogP contribution in [0, 0.1) is 11.5 Å². The molecule has 220 valence electrons.